The Morgan fingerprint density at radius 1 is 0.842 bits per heavy atom. The zero-order chi connectivity index (χ0) is 14.0. The maximum atomic E-state index is 9.66. The zero-order valence-electron chi connectivity index (χ0n) is 11.1. The first-order valence-corrected chi connectivity index (χ1v) is 6.44. The van der Waals surface area contributed by atoms with Crippen molar-refractivity contribution in [3.63, 3.8) is 0 Å². The average molecular weight is 258 g/mol. The van der Waals surface area contributed by atoms with Gasteiger partial charge in [0.05, 0.1) is 0 Å². The largest absolute Gasteiger partial charge is 0.504 e. The lowest BCUT2D eigenvalue weighted by molar-refractivity contribution is 0.368. The molecule has 0 aliphatic carbocycles. The summed E-state index contributed by atoms with van der Waals surface area (Å²) in [6.07, 6.45) is 1.73. The molecule has 0 saturated heterocycles. The first kappa shape index (κ1) is 13.3. The predicted octanol–water partition coefficient (Wildman–Crippen LogP) is 3.60. The van der Waals surface area contributed by atoms with Crippen LogP contribution in [0, 0.1) is 0 Å². The Bertz CT molecular complexity index is 558. The van der Waals surface area contributed by atoms with E-state index in [1.807, 2.05) is 18.2 Å². The quantitative estimate of drug-likeness (QED) is 0.737. The van der Waals surface area contributed by atoms with Crippen LogP contribution in [-0.4, -0.2) is 15.3 Å². The third-order valence-corrected chi connectivity index (χ3v) is 3.36. The van der Waals surface area contributed by atoms with E-state index in [9.17, 15) is 15.3 Å². The molecule has 0 aliphatic rings. The third-order valence-electron chi connectivity index (χ3n) is 3.36. The molecule has 0 aliphatic heterocycles. The van der Waals surface area contributed by atoms with Crippen molar-refractivity contribution in [3.8, 4) is 28.4 Å². The van der Waals surface area contributed by atoms with Crippen LogP contribution in [0.4, 0.5) is 0 Å². The van der Waals surface area contributed by atoms with Crippen LogP contribution in [0.2, 0.25) is 0 Å². The number of phenols is 3. The molecule has 0 saturated carbocycles. The van der Waals surface area contributed by atoms with Crippen molar-refractivity contribution in [2.75, 3.05) is 0 Å². The minimum absolute atomic E-state index is 0.303. The van der Waals surface area contributed by atoms with Gasteiger partial charge in [0.25, 0.3) is 0 Å². The maximum Gasteiger partial charge on any atom is 0.200 e. The van der Waals surface area contributed by atoms with Crippen LogP contribution in [0.25, 0.3) is 11.1 Å². The first-order valence-electron chi connectivity index (χ1n) is 6.44. The van der Waals surface area contributed by atoms with Crippen molar-refractivity contribution in [3.05, 3.63) is 41.5 Å². The fourth-order valence-electron chi connectivity index (χ4n) is 2.36. The second-order valence-electron chi connectivity index (χ2n) is 4.52. The summed E-state index contributed by atoms with van der Waals surface area (Å²) in [6, 6.07) is 9.07. The van der Waals surface area contributed by atoms with Gasteiger partial charge in [0.2, 0.25) is 0 Å². The monoisotopic (exact) mass is 258 g/mol. The summed E-state index contributed by atoms with van der Waals surface area (Å²) >= 11 is 0. The van der Waals surface area contributed by atoms with Crippen molar-refractivity contribution in [2.24, 2.45) is 0 Å². The van der Waals surface area contributed by atoms with Gasteiger partial charge in [-0.2, -0.15) is 0 Å². The lowest BCUT2D eigenvalue weighted by atomic mass is 9.91. The fraction of sp³-hybridized carbons (Fsp3) is 0.250. The summed E-state index contributed by atoms with van der Waals surface area (Å²) in [7, 11) is 0. The number of aromatic hydroxyl groups is 3. The normalized spacial score (nSPS) is 10.6. The first-order chi connectivity index (χ1) is 9.08. The highest BCUT2D eigenvalue weighted by molar-refractivity contribution is 5.75. The molecule has 0 spiro atoms. The van der Waals surface area contributed by atoms with Gasteiger partial charge in [-0.1, -0.05) is 32.0 Å². The molecule has 0 amide bonds. The molecule has 0 unspecified atom stereocenters. The van der Waals surface area contributed by atoms with Crippen LogP contribution in [0.3, 0.4) is 0 Å². The number of benzene rings is 2. The second-order valence-corrected chi connectivity index (χ2v) is 4.52. The summed E-state index contributed by atoms with van der Waals surface area (Å²) in [5.41, 5.74) is 4.06. The summed E-state index contributed by atoms with van der Waals surface area (Å²) in [5, 5.41) is 28.7. The van der Waals surface area contributed by atoms with E-state index in [4.69, 9.17) is 0 Å². The fourth-order valence-corrected chi connectivity index (χ4v) is 2.36. The van der Waals surface area contributed by atoms with Crippen LogP contribution in [0.5, 0.6) is 17.2 Å². The maximum absolute atomic E-state index is 9.66. The van der Waals surface area contributed by atoms with Gasteiger partial charge in [-0.05, 0) is 47.2 Å². The number of hydrogen-bond acceptors (Lipinski definition) is 3. The molecule has 100 valence electrons. The Balaban J connectivity index is 2.70. The van der Waals surface area contributed by atoms with E-state index in [2.05, 4.69) is 13.8 Å². The molecule has 19 heavy (non-hydrogen) atoms. The van der Waals surface area contributed by atoms with E-state index in [-0.39, 0.29) is 11.5 Å². The highest BCUT2D eigenvalue weighted by atomic mass is 16.3. The van der Waals surface area contributed by atoms with Gasteiger partial charge in [0.15, 0.2) is 17.2 Å². The third kappa shape index (κ3) is 2.36. The summed E-state index contributed by atoms with van der Waals surface area (Å²) in [5.74, 6) is -1.08. The van der Waals surface area contributed by atoms with Gasteiger partial charge >= 0.3 is 0 Å². The van der Waals surface area contributed by atoms with E-state index >= 15 is 0 Å². The molecule has 2 aromatic carbocycles. The molecule has 0 aromatic heterocycles. The highest BCUT2D eigenvalue weighted by Gasteiger charge is 2.14. The molecule has 3 N–H and O–H groups in total. The van der Waals surface area contributed by atoms with Crippen molar-refractivity contribution in [2.45, 2.75) is 26.7 Å². The Morgan fingerprint density at radius 2 is 1.32 bits per heavy atom. The lowest BCUT2D eigenvalue weighted by Crippen LogP contribution is -1.94. The average Bonchev–Trinajstić information content (AvgIpc) is 2.43. The molecule has 0 bridgehead atoms. The molecule has 0 heterocycles. The van der Waals surface area contributed by atoms with Crippen LogP contribution in [-0.2, 0) is 12.8 Å². The van der Waals surface area contributed by atoms with Gasteiger partial charge in [0, 0.05) is 0 Å². The van der Waals surface area contributed by atoms with Gasteiger partial charge in [-0.25, -0.2) is 0 Å². The highest BCUT2D eigenvalue weighted by Crippen LogP contribution is 2.40. The SMILES string of the molecule is CCc1cccc(CC)c1-c1cc(O)c(O)c(O)c1. The minimum Gasteiger partial charge on any atom is -0.504 e. The molecule has 0 radical (unpaired) electrons. The lowest BCUT2D eigenvalue weighted by Gasteiger charge is -2.14. The standard InChI is InChI=1S/C16H18O3/c1-3-10-6-5-7-11(4-2)15(10)12-8-13(17)16(19)14(18)9-12/h5-9,17-19H,3-4H2,1-2H3. The van der Waals surface area contributed by atoms with E-state index in [0.29, 0.717) is 0 Å². The van der Waals surface area contributed by atoms with Crippen LogP contribution in [0.1, 0.15) is 25.0 Å². The number of aryl methyl sites for hydroxylation is 2. The van der Waals surface area contributed by atoms with Crippen LogP contribution < -0.4 is 0 Å². The predicted molar refractivity (Wildman–Crippen MR) is 75.6 cm³/mol. The molecule has 2 aromatic rings. The van der Waals surface area contributed by atoms with Crippen molar-refractivity contribution in [1.29, 1.82) is 0 Å². The van der Waals surface area contributed by atoms with Crippen molar-refractivity contribution < 1.29 is 15.3 Å². The number of rotatable bonds is 3. The van der Waals surface area contributed by atoms with E-state index in [0.717, 1.165) is 35.1 Å². The Kier molecular flexibility index (Phi) is 3.65. The van der Waals surface area contributed by atoms with Gasteiger partial charge < -0.3 is 15.3 Å². The van der Waals surface area contributed by atoms with Crippen molar-refractivity contribution in [1.82, 2.24) is 0 Å². The van der Waals surface area contributed by atoms with E-state index in [1.165, 1.54) is 12.1 Å². The molecular weight excluding hydrogens is 240 g/mol. The smallest absolute Gasteiger partial charge is 0.200 e. The number of phenolic OH excluding ortho intramolecular Hbond substituents is 3. The van der Waals surface area contributed by atoms with Crippen LogP contribution >= 0.6 is 0 Å². The molecule has 3 heteroatoms. The van der Waals surface area contributed by atoms with Gasteiger partial charge in [-0.3, -0.25) is 0 Å². The summed E-state index contributed by atoms with van der Waals surface area (Å²) in [4.78, 5) is 0. The van der Waals surface area contributed by atoms with Gasteiger partial charge in [-0.15, -0.1) is 0 Å². The Hall–Kier alpha value is -2.16. The molecule has 0 fully saturated rings. The molecule has 3 nitrogen and oxygen atoms in total. The molecule has 2 rings (SSSR count). The topological polar surface area (TPSA) is 60.7 Å². The van der Waals surface area contributed by atoms with Crippen molar-refractivity contribution >= 4 is 0 Å². The van der Waals surface area contributed by atoms with E-state index in [1.54, 1.807) is 0 Å². The Labute approximate surface area is 112 Å². The van der Waals surface area contributed by atoms with Gasteiger partial charge in [0.1, 0.15) is 0 Å². The Morgan fingerprint density at radius 3 is 1.74 bits per heavy atom. The summed E-state index contributed by atoms with van der Waals surface area (Å²) in [6.45, 7) is 4.14. The number of hydrogen-bond donors (Lipinski definition) is 3. The zero-order valence-corrected chi connectivity index (χ0v) is 11.1. The second kappa shape index (κ2) is 5.22. The van der Waals surface area contributed by atoms with Crippen LogP contribution in [0.15, 0.2) is 30.3 Å². The molecule has 0 atom stereocenters. The van der Waals surface area contributed by atoms with E-state index < -0.39 is 5.75 Å². The molecular formula is C16H18O3. The minimum atomic E-state index is -0.476. The summed E-state index contributed by atoms with van der Waals surface area (Å²) < 4.78 is 0.